The van der Waals surface area contributed by atoms with Gasteiger partial charge in [-0.15, -0.1) is 0 Å². The average Bonchev–Trinajstić information content (AvgIpc) is 2.74. The second-order valence-corrected chi connectivity index (χ2v) is 8.08. The zero-order valence-corrected chi connectivity index (χ0v) is 17.3. The number of nitrogens with one attached hydrogen (secondary N) is 1. The largest absolute Gasteiger partial charge is 0.353 e. The Hall–Kier alpha value is -2.62. The molecule has 1 N–H and O–H groups in total. The molecule has 0 heterocycles. The quantitative estimate of drug-likeness (QED) is 0.726. The molecule has 154 valence electrons. The van der Waals surface area contributed by atoms with Crippen LogP contribution in [0.4, 0.5) is 0 Å². The lowest BCUT2D eigenvalue weighted by Crippen LogP contribution is -2.44. The van der Waals surface area contributed by atoms with Gasteiger partial charge < -0.3 is 10.2 Å². The van der Waals surface area contributed by atoms with Gasteiger partial charge in [0.2, 0.25) is 11.8 Å². The molecule has 3 rings (SSSR count). The van der Waals surface area contributed by atoms with E-state index in [1.807, 2.05) is 36.4 Å². The molecular formula is C25H32N2O2. The van der Waals surface area contributed by atoms with Crippen molar-refractivity contribution in [2.75, 3.05) is 6.54 Å². The van der Waals surface area contributed by atoms with E-state index in [0.717, 1.165) is 24.8 Å². The van der Waals surface area contributed by atoms with Crippen LogP contribution in [0.1, 0.15) is 50.2 Å². The van der Waals surface area contributed by atoms with Gasteiger partial charge in [0, 0.05) is 32.5 Å². The van der Waals surface area contributed by atoms with E-state index >= 15 is 0 Å². The minimum absolute atomic E-state index is 0.00118. The number of hydrogen-bond donors (Lipinski definition) is 1. The number of benzene rings is 2. The summed E-state index contributed by atoms with van der Waals surface area (Å²) in [7, 11) is 0. The molecule has 0 aliphatic heterocycles. The Morgan fingerprint density at radius 1 is 0.931 bits per heavy atom. The molecule has 2 aromatic carbocycles. The van der Waals surface area contributed by atoms with E-state index in [1.54, 1.807) is 11.8 Å². The monoisotopic (exact) mass is 392 g/mol. The zero-order chi connectivity index (χ0) is 20.5. The summed E-state index contributed by atoms with van der Waals surface area (Å²) < 4.78 is 0. The summed E-state index contributed by atoms with van der Waals surface area (Å²) in [5.41, 5.74) is 2.42. The number of hydrogen-bond acceptors (Lipinski definition) is 2. The van der Waals surface area contributed by atoms with Crippen molar-refractivity contribution in [3.05, 3.63) is 71.8 Å². The van der Waals surface area contributed by atoms with Crippen LogP contribution in [0, 0.1) is 5.92 Å². The van der Waals surface area contributed by atoms with Crippen LogP contribution in [0.2, 0.25) is 0 Å². The van der Waals surface area contributed by atoms with Gasteiger partial charge in [-0.3, -0.25) is 9.59 Å². The van der Waals surface area contributed by atoms with Crippen LogP contribution in [-0.4, -0.2) is 29.3 Å². The topological polar surface area (TPSA) is 49.4 Å². The first-order chi connectivity index (χ1) is 14.1. The first kappa shape index (κ1) is 21.1. The highest BCUT2D eigenvalue weighted by Crippen LogP contribution is 2.27. The maximum absolute atomic E-state index is 12.6. The Bertz CT molecular complexity index is 776. The lowest BCUT2D eigenvalue weighted by molar-refractivity contribution is -0.130. The molecule has 0 radical (unpaired) electrons. The van der Waals surface area contributed by atoms with Gasteiger partial charge in [0.25, 0.3) is 0 Å². The second-order valence-electron chi connectivity index (χ2n) is 8.08. The highest BCUT2D eigenvalue weighted by molar-refractivity contribution is 5.78. The van der Waals surface area contributed by atoms with Gasteiger partial charge in [0.1, 0.15) is 0 Å². The van der Waals surface area contributed by atoms with Gasteiger partial charge in [-0.1, -0.05) is 73.5 Å². The zero-order valence-electron chi connectivity index (χ0n) is 17.3. The van der Waals surface area contributed by atoms with Gasteiger partial charge >= 0.3 is 0 Å². The van der Waals surface area contributed by atoms with Gasteiger partial charge in [0.05, 0.1) is 0 Å². The Kier molecular flexibility index (Phi) is 7.85. The number of nitrogens with zero attached hydrogens (tertiary/aromatic N) is 1. The molecule has 2 atom stereocenters. The summed E-state index contributed by atoms with van der Waals surface area (Å²) in [4.78, 5) is 26.4. The Morgan fingerprint density at radius 3 is 2.21 bits per heavy atom. The Labute approximate surface area is 174 Å². The van der Waals surface area contributed by atoms with Crippen molar-refractivity contribution in [1.29, 1.82) is 0 Å². The molecule has 4 heteroatoms. The van der Waals surface area contributed by atoms with Crippen LogP contribution >= 0.6 is 0 Å². The highest BCUT2D eigenvalue weighted by atomic mass is 16.2. The third-order valence-corrected chi connectivity index (χ3v) is 5.87. The van der Waals surface area contributed by atoms with Crippen LogP contribution in [0.15, 0.2) is 60.7 Å². The summed E-state index contributed by atoms with van der Waals surface area (Å²) in [6.07, 6.45) is 5.97. The van der Waals surface area contributed by atoms with Gasteiger partial charge in [-0.05, 0) is 36.3 Å². The first-order valence-corrected chi connectivity index (χ1v) is 10.7. The fraction of sp³-hybridized carbons (Fsp3) is 0.440. The molecule has 1 saturated carbocycles. The second kappa shape index (κ2) is 10.8. The van der Waals surface area contributed by atoms with Crippen LogP contribution in [-0.2, 0) is 22.6 Å². The standard InChI is InChI=1S/C25H32N2O2/c1-20(28)27(19-22-12-6-3-7-13-22)17-16-25(29)26-24-15-9-8-14-23(24)18-21-10-4-2-5-11-21/h2-7,10-13,23-24H,8-9,14-19H2,1H3,(H,26,29). The summed E-state index contributed by atoms with van der Waals surface area (Å²) in [6.45, 7) is 2.56. The van der Waals surface area contributed by atoms with Crippen molar-refractivity contribution < 1.29 is 9.59 Å². The first-order valence-electron chi connectivity index (χ1n) is 10.7. The van der Waals surface area contributed by atoms with E-state index in [-0.39, 0.29) is 17.9 Å². The van der Waals surface area contributed by atoms with Crippen molar-refractivity contribution in [3.8, 4) is 0 Å². The van der Waals surface area contributed by atoms with Crippen molar-refractivity contribution in [1.82, 2.24) is 10.2 Å². The van der Waals surface area contributed by atoms with E-state index in [2.05, 4.69) is 29.6 Å². The molecular weight excluding hydrogens is 360 g/mol. The maximum atomic E-state index is 12.6. The molecule has 4 nitrogen and oxygen atoms in total. The van der Waals surface area contributed by atoms with Crippen LogP contribution in [0.5, 0.6) is 0 Å². The molecule has 2 unspecified atom stereocenters. The predicted octanol–water partition coefficient (Wildman–Crippen LogP) is 4.34. The molecule has 1 fully saturated rings. The number of amides is 2. The van der Waals surface area contributed by atoms with Crippen LogP contribution < -0.4 is 5.32 Å². The predicted molar refractivity (Wildman–Crippen MR) is 116 cm³/mol. The lowest BCUT2D eigenvalue weighted by Gasteiger charge is -2.32. The van der Waals surface area contributed by atoms with E-state index in [9.17, 15) is 9.59 Å². The van der Waals surface area contributed by atoms with Crippen molar-refractivity contribution in [3.63, 3.8) is 0 Å². The average molecular weight is 393 g/mol. The number of carbonyl (C=O) groups excluding carboxylic acids is 2. The maximum Gasteiger partial charge on any atom is 0.222 e. The molecule has 2 aromatic rings. The fourth-order valence-electron chi connectivity index (χ4n) is 4.23. The third-order valence-electron chi connectivity index (χ3n) is 5.87. The Balaban J connectivity index is 1.51. The summed E-state index contributed by atoms with van der Waals surface area (Å²) in [5, 5.41) is 3.27. The van der Waals surface area contributed by atoms with Crippen LogP contribution in [0.25, 0.3) is 0 Å². The summed E-state index contributed by atoms with van der Waals surface area (Å²) in [6, 6.07) is 20.7. The number of carbonyl (C=O) groups is 2. The molecule has 0 aromatic heterocycles. The van der Waals surface area contributed by atoms with E-state index in [4.69, 9.17) is 0 Å². The molecule has 0 spiro atoms. The summed E-state index contributed by atoms with van der Waals surface area (Å²) >= 11 is 0. The van der Waals surface area contributed by atoms with E-state index in [1.165, 1.54) is 18.4 Å². The SMILES string of the molecule is CC(=O)N(CCC(=O)NC1CCCCC1Cc1ccccc1)Cc1ccccc1. The summed E-state index contributed by atoms with van der Waals surface area (Å²) in [5.74, 6) is 0.541. The van der Waals surface area contributed by atoms with Crippen molar-refractivity contribution >= 4 is 11.8 Å². The number of rotatable bonds is 8. The van der Waals surface area contributed by atoms with Gasteiger partial charge in [-0.2, -0.15) is 0 Å². The normalized spacial score (nSPS) is 18.8. The van der Waals surface area contributed by atoms with Crippen LogP contribution in [0.3, 0.4) is 0 Å². The highest BCUT2D eigenvalue weighted by Gasteiger charge is 2.26. The molecule has 29 heavy (non-hydrogen) atoms. The van der Waals surface area contributed by atoms with Gasteiger partial charge in [-0.25, -0.2) is 0 Å². The molecule has 2 amide bonds. The van der Waals surface area contributed by atoms with E-state index in [0.29, 0.717) is 25.4 Å². The molecule has 0 saturated heterocycles. The minimum Gasteiger partial charge on any atom is -0.353 e. The molecule has 1 aliphatic rings. The van der Waals surface area contributed by atoms with E-state index < -0.39 is 0 Å². The van der Waals surface area contributed by atoms with Crippen molar-refractivity contribution in [2.45, 2.75) is 58.0 Å². The lowest BCUT2D eigenvalue weighted by atomic mass is 9.80. The minimum atomic E-state index is 0.00118. The third kappa shape index (κ3) is 6.74. The smallest absolute Gasteiger partial charge is 0.222 e. The van der Waals surface area contributed by atoms with Crippen molar-refractivity contribution in [2.24, 2.45) is 5.92 Å². The van der Waals surface area contributed by atoms with Gasteiger partial charge in [0.15, 0.2) is 0 Å². The Morgan fingerprint density at radius 2 is 1.55 bits per heavy atom. The molecule has 0 bridgehead atoms. The fourth-order valence-corrected chi connectivity index (χ4v) is 4.23. The molecule has 1 aliphatic carbocycles.